The second-order valence-corrected chi connectivity index (χ2v) is 4.58. The van der Waals surface area contributed by atoms with Crippen LogP contribution in [-0.2, 0) is 0 Å². The van der Waals surface area contributed by atoms with Gasteiger partial charge in [-0.25, -0.2) is 0 Å². The highest BCUT2D eigenvalue weighted by Crippen LogP contribution is 2.29. The summed E-state index contributed by atoms with van der Waals surface area (Å²) in [6.45, 7) is 0. The van der Waals surface area contributed by atoms with Gasteiger partial charge in [-0.05, 0) is 42.5 Å². The largest absolute Gasteiger partial charge is 0.508 e. The van der Waals surface area contributed by atoms with E-state index in [1.54, 1.807) is 24.3 Å². The van der Waals surface area contributed by atoms with E-state index < -0.39 is 4.92 Å². The first kappa shape index (κ1) is 14.7. The van der Waals surface area contributed by atoms with Crippen molar-refractivity contribution < 1.29 is 15.1 Å². The van der Waals surface area contributed by atoms with Gasteiger partial charge in [0.1, 0.15) is 11.5 Å². The number of nitro groups is 1. The molecule has 0 radical (unpaired) electrons. The number of halogens is 1. The molecule has 0 aliphatic carbocycles. The van der Waals surface area contributed by atoms with Crippen molar-refractivity contribution in [1.82, 2.24) is 0 Å². The maximum absolute atomic E-state index is 11.1. The van der Waals surface area contributed by atoms with E-state index in [4.69, 9.17) is 11.6 Å². The predicted molar refractivity (Wildman–Crippen MR) is 79.8 cm³/mol. The average molecular weight is 307 g/mol. The molecular weight excluding hydrogens is 296 g/mol. The zero-order chi connectivity index (χ0) is 15.4. The van der Waals surface area contributed by atoms with Gasteiger partial charge in [0.15, 0.2) is 0 Å². The minimum Gasteiger partial charge on any atom is -0.508 e. The third-order valence-corrected chi connectivity index (χ3v) is 2.92. The maximum atomic E-state index is 11.1. The fourth-order valence-corrected chi connectivity index (χ4v) is 1.78. The van der Waals surface area contributed by atoms with Gasteiger partial charge in [-0.15, -0.1) is 0 Å². The fraction of sp³-hybridized carbons (Fsp3) is 0. The molecule has 0 atom stereocenters. The lowest BCUT2D eigenvalue weighted by molar-refractivity contribution is -0.375. The smallest absolute Gasteiger partial charge is 0.296 e. The molecule has 0 aromatic heterocycles. The minimum atomic E-state index is -0.655. The second-order valence-electron chi connectivity index (χ2n) is 4.14. The topological polar surface area (TPSA) is 95.6 Å². The lowest BCUT2D eigenvalue weighted by atomic mass is 10.1. The van der Waals surface area contributed by atoms with E-state index in [1.165, 1.54) is 12.1 Å². The van der Waals surface area contributed by atoms with Crippen molar-refractivity contribution in [3.8, 4) is 11.5 Å². The molecule has 7 heteroatoms. The first-order chi connectivity index (χ1) is 9.97. The highest BCUT2D eigenvalue weighted by molar-refractivity contribution is 6.30. The van der Waals surface area contributed by atoms with Crippen molar-refractivity contribution >= 4 is 23.0 Å². The Labute approximate surface area is 125 Å². The fourth-order valence-electron chi connectivity index (χ4n) is 1.66. The zero-order valence-corrected chi connectivity index (χ0v) is 11.4. The number of nitrogens with one attached hydrogen (secondary N) is 1. The van der Waals surface area contributed by atoms with Gasteiger partial charge in [0.25, 0.3) is 5.70 Å². The van der Waals surface area contributed by atoms with Crippen molar-refractivity contribution in [2.75, 3.05) is 5.32 Å². The molecular formula is C14H11ClN2O4. The summed E-state index contributed by atoms with van der Waals surface area (Å²) in [6, 6.07) is 10.1. The molecule has 0 bridgehead atoms. The van der Waals surface area contributed by atoms with E-state index in [-0.39, 0.29) is 22.8 Å². The monoisotopic (exact) mass is 306 g/mol. The van der Waals surface area contributed by atoms with Crippen LogP contribution in [0.5, 0.6) is 11.5 Å². The van der Waals surface area contributed by atoms with Crippen LogP contribution in [0, 0.1) is 10.1 Å². The van der Waals surface area contributed by atoms with Gasteiger partial charge in [0, 0.05) is 10.7 Å². The van der Waals surface area contributed by atoms with Gasteiger partial charge in [0.05, 0.1) is 16.7 Å². The normalized spacial score (nSPS) is 11.2. The number of phenolic OH excluding ortho intramolecular Hbond substituents is 2. The lowest BCUT2D eigenvalue weighted by Gasteiger charge is -2.05. The van der Waals surface area contributed by atoms with Crippen LogP contribution in [0.15, 0.2) is 48.7 Å². The van der Waals surface area contributed by atoms with Crippen LogP contribution in [0.3, 0.4) is 0 Å². The van der Waals surface area contributed by atoms with Crippen molar-refractivity contribution in [3.63, 3.8) is 0 Å². The first-order valence-corrected chi connectivity index (χ1v) is 6.24. The predicted octanol–water partition coefficient (Wildman–Crippen LogP) is 3.44. The Balaban J connectivity index is 2.34. The summed E-state index contributed by atoms with van der Waals surface area (Å²) in [5.41, 5.74) is 0.137. The lowest BCUT2D eigenvalue weighted by Crippen LogP contribution is -2.01. The molecule has 21 heavy (non-hydrogen) atoms. The van der Waals surface area contributed by atoms with Crippen LogP contribution >= 0.6 is 11.6 Å². The Bertz CT molecular complexity index is 699. The van der Waals surface area contributed by atoms with Gasteiger partial charge in [-0.3, -0.25) is 10.1 Å². The van der Waals surface area contributed by atoms with Crippen LogP contribution < -0.4 is 5.32 Å². The number of hydrogen-bond acceptors (Lipinski definition) is 5. The van der Waals surface area contributed by atoms with E-state index in [0.717, 1.165) is 12.3 Å². The number of rotatable bonds is 4. The van der Waals surface area contributed by atoms with E-state index in [1.807, 2.05) is 0 Å². The van der Waals surface area contributed by atoms with Crippen LogP contribution in [0.1, 0.15) is 5.56 Å². The average Bonchev–Trinajstić information content (AvgIpc) is 2.44. The number of hydrogen-bond donors (Lipinski definition) is 3. The second kappa shape index (κ2) is 6.15. The van der Waals surface area contributed by atoms with Crippen LogP contribution in [0.2, 0.25) is 5.02 Å². The van der Waals surface area contributed by atoms with E-state index in [9.17, 15) is 20.3 Å². The summed E-state index contributed by atoms with van der Waals surface area (Å²) < 4.78 is 0. The van der Waals surface area contributed by atoms with Crippen molar-refractivity contribution in [2.45, 2.75) is 0 Å². The van der Waals surface area contributed by atoms with Gasteiger partial charge >= 0.3 is 0 Å². The maximum Gasteiger partial charge on any atom is 0.296 e. The van der Waals surface area contributed by atoms with Crippen molar-refractivity contribution in [1.29, 1.82) is 0 Å². The van der Waals surface area contributed by atoms with E-state index in [0.29, 0.717) is 10.7 Å². The Kier molecular flexibility index (Phi) is 4.30. The third kappa shape index (κ3) is 3.64. The van der Waals surface area contributed by atoms with Gasteiger partial charge in [-0.2, -0.15) is 0 Å². The Hall–Kier alpha value is -2.73. The molecule has 0 aliphatic rings. The molecule has 0 unspecified atom stereocenters. The summed E-state index contributed by atoms with van der Waals surface area (Å²) >= 11 is 5.75. The molecule has 0 heterocycles. The Morgan fingerprint density at radius 1 is 1.19 bits per heavy atom. The summed E-state index contributed by atoms with van der Waals surface area (Å²) in [6.07, 6.45) is 1.14. The minimum absolute atomic E-state index is 0.0820. The van der Waals surface area contributed by atoms with Crippen LogP contribution in [-0.4, -0.2) is 15.1 Å². The molecule has 2 rings (SSSR count). The number of benzene rings is 2. The highest BCUT2D eigenvalue weighted by Gasteiger charge is 2.19. The standard InChI is InChI=1S/C14H11ClN2O4/c15-9-1-3-10(4-2-9)16-8-13(17(20)21)12-7-11(18)5-6-14(12)19/h1-8,16,18-19H. The molecule has 0 aliphatic heterocycles. The highest BCUT2D eigenvalue weighted by atomic mass is 35.5. The van der Waals surface area contributed by atoms with Crippen LogP contribution in [0.4, 0.5) is 5.69 Å². The number of phenols is 2. The summed E-state index contributed by atoms with van der Waals surface area (Å²) in [4.78, 5) is 10.5. The quantitative estimate of drug-likeness (QED) is 0.457. The molecule has 2 aromatic carbocycles. The Morgan fingerprint density at radius 2 is 1.86 bits per heavy atom. The summed E-state index contributed by atoms with van der Waals surface area (Å²) in [5.74, 6) is -0.476. The molecule has 2 aromatic rings. The van der Waals surface area contributed by atoms with E-state index in [2.05, 4.69) is 5.32 Å². The van der Waals surface area contributed by atoms with Crippen molar-refractivity contribution in [2.24, 2.45) is 0 Å². The molecule has 6 nitrogen and oxygen atoms in total. The number of aromatic hydroxyl groups is 2. The van der Waals surface area contributed by atoms with E-state index >= 15 is 0 Å². The summed E-state index contributed by atoms with van der Waals surface area (Å²) in [5, 5.41) is 33.5. The number of anilines is 1. The SMILES string of the molecule is O=[N+]([O-])C(=CNc1ccc(Cl)cc1)c1cc(O)ccc1O. The zero-order valence-electron chi connectivity index (χ0n) is 10.7. The van der Waals surface area contributed by atoms with Gasteiger partial charge in [0.2, 0.25) is 0 Å². The molecule has 0 fully saturated rings. The molecule has 108 valence electrons. The summed E-state index contributed by atoms with van der Waals surface area (Å²) in [7, 11) is 0. The first-order valence-electron chi connectivity index (χ1n) is 5.86. The van der Waals surface area contributed by atoms with Crippen LogP contribution in [0.25, 0.3) is 5.70 Å². The molecule has 0 saturated heterocycles. The van der Waals surface area contributed by atoms with Gasteiger partial charge in [-0.1, -0.05) is 11.6 Å². The number of nitrogens with zero attached hydrogens (tertiary/aromatic N) is 1. The van der Waals surface area contributed by atoms with Gasteiger partial charge < -0.3 is 15.5 Å². The van der Waals surface area contributed by atoms with Crippen molar-refractivity contribution in [3.05, 3.63) is 69.4 Å². The third-order valence-electron chi connectivity index (χ3n) is 2.67. The molecule has 0 spiro atoms. The Morgan fingerprint density at radius 3 is 2.48 bits per heavy atom. The molecule has 0 amide bonds. The molecule has 0 saturated carbocycles. The molecule has 3 N–H and O–H groups in total.